The van der Waals surface area contributed by atoms with Gasteiger partial charge in [-0.15, -0.1) is 5.10 Å². The number of ether oxygens (including phenoxy) is 3. The number of aliphatic hydroxyl groups is 1. The number of carboxylic acids is 2. The molecule has 228 valence electrons. The summed E-state index contributed by atoms with van der Waals surface area (Å²) in [6.45, 7) is 3.92. The van der Waals surface area contributed by atoms with Gasteiger partial charge in [0.15, 0.2) is 17.3 Å². The fourth-order valence-corrected chi connectivity index (χ4v) is 5.28. The maximum atomic E-state index is 14.3. The Morgan fingerprint density at radius 1 is 1.05 bits per heavy atom. The highest BCUT2D eigenvalue weighted by molar-refractivity contribution is 5.89. The highest BCUT2D eigenvalue weighted by Gasteiger charge is 2.34. The zero-order valence-electron chi connectivity index (χ0n) is 22.9. The Bertz CT molecular complexity index is 1580. The number of hydrogen-bond acceptors (Lipinski definition) is 11. The molecule has 0 saturated carbocycles. The molecule has 14 nitrogen and oxygen atoms in total. The molecular weight excluding hydrogens is 569 g/mol. The van der Waals surface area contributed by atoms with E-state index in [0.29, 0.717) is 75.2 Å². The number of benzene rings is 1. The van der Waals surface area contributed by atoms with Gasteiger partial charge >= 0.3 is 11.9 Å². The number of pyridine rings is 1. The smallest absolute Gasteiger partial charge is 0.328 e. The summed E-state index contributed by atoms with van der Waals surface area (Å²) in [4.78, 5) is 34.0. The summed E-state index contributed by atoms with van der Waals surface area (Å²) >= 11 is 0. The fraction of sp³-hybridized carbons (Fsp3) is 0.393. The van der Waals surface area contributed by atoms with E-state index in [1.165, 1.54) is 12.1 Å². The van der Waals surface area contributed by atoms with Gasteiger partial charge in [-0.05, 0) is 18.2 Å². The number of aliphatic carboxylic acids is 2. The van der Waals surface area contributed by atoms with E-state index < -0.39 is 23.9 Å². The van der Waals surface area contributed by atoms with E-state index in [4.69, 9.17) is 24.4 Å². The van der Waals surface area contributed by atoms with Gasteiger partial charge in [0.1, 0.15) is 19.8 Å². The first-order valence-corrected chi connectivity index (χ1v) is 13.5. The molecule has 1 aromatic carbocycles. The van der Waals surface area contributed by atoms with E-state index in [-0.39, 0.29) is 29.9 Å². The molecule has 0 bridgehead atoms. The lowest BCUT2D eigenvalue weighted by Crippen LogP contribution is -2.39. The van der Waals surface area contributed by atoms with Crippen molar-refractivity contribution in [1.82, 2.24) is 25.0 Å². The number of nitrogens with zero attached hydrogens (tertiary/aromatic N) is 4. The van der Waals surface area contributed by atoms with Gasteiger partial charge in [-0.3, -0.25) is 14.3 Å². The average Bonchev–Trinajstić information content (AvgIpc) is 3.34. The maximum Gasteiger partial charge on any atom is 0.328 e. The molecule has 0 radical (unpaired) electrons. The third-order valence-corrected chi connectivity index (χ3v) is 7.17. The van der Waals surface area contributed by atoms with Crippen molar-refractivity contribution in [2.75, 3.05) is 46.0 Å². The minimum absolute atomic E-state index is 0.0157. The van der Waals surface area contributed by atoms with Gasteiger partial charge in [0, 0.05) is 68.3 Å². The molecule has 1 fully saturated rings. The van der Waals surface area contributed by atoms with Crippen LogP contribution in [0, 0.1) is 11.7 Å². The Labute approximate surface area is 243 Å². The minimum Gasteiger partial charge on any atom is -0.486 e. The van der Waals surface area contributed by atoms with Gasteiger partial charge in [-0.2, -0.15) is 5.10 Å². The summed E-state index contributed by atoms with van der Waals surface area (Å²) in [7, 11) is 0. The number of β-amino-alcohol motifs (C(OH)–C–C–N with tert-alkyl or cyclic N) is 1. The molecule has 2 aromatic heterocycles. The van der Waals surface area contributed by atoms with Gasteiger partial charge in [0.2, 0.25) is 0 Å². The first kappa shape index (κ1) is 29.9. The molecule has 4 N–H and O–H groups in total. The molecule has 3 atom stereocenters. The van der Waals surface area contributed by atoms with E-state index >= 15 is 0 Å². The molecule has 0 amide bonds. The Morgan fingerprint density at radius 2 is 1.79 bits per heavy atom. The number of likely N-dealkylation sites (tertiary alicyclic amines) is 1. The normalized spacial score (nSPS) is 20.8. The standard InChI is InChI=1S/C24H26FN5O5.C4H4O4/c25-18-3-1-14-2-4-21(32)30-17(13-35-23(18)22(14)30)11-29-10-15(19(31)12-29)8-26-9-16-7-20-24(28-27-16)34-6-5-33-20;5-3(6)1-2-4(7)8/h1-4,7,15,17,19,26,31H,5-6,8-13H2;1-2H,(H,5,6)(H,7,8)/b;2-1+/t15-,17+,19+;/m0./s1. The number of carboxylic acid groups (broad SMARTS) is 2. The van der Waals surface area contributed by atoms with Crippen LogP contribution in [0.2, 0.25) is 0 Å². The van der Waals surface area contributed by atoms with Crippen molar-refractivity contribution in [3.8, 4) is 17.4 Å². The second kappa shape index (κ2) is 13.1. The van der Waals surface area contributed by atoms with Gasteiger partial charge < -0.3 is 34.8 Å². The summed E-state index contributed by atoms with van der Waals surface area (Å²) in [6, 6.07) is 7.76. The van der Waals surface area contributed by atoms with E-state index in [2.05, 4.69) is 20.4 Å². The molecule has 1 saturated heterocycles. The van der Waals surface area contributed by atoms with Gasteiger partial charge in [-0.1, -0.05) is 0 Å². The molecule has 3 aliphatic rings. The predicted molar refractivity (Wildman–Crippen MR) is 148 cm³/mol. The molecule has 3 aromatic rings. The highest BCUT2D eigenvalue weighted by atomic mass is 19.1. The van der Waals surface area contributed by atoms with Crippen LogP contribution in [0.1, 0.15) is 11.7 Å². The number of carbonyl (C=O) groups is 2. The molecule has 43 heavy (non-hydrogen) atoms. The number of fused-ring (bicyclic) bond motifs is 1. The third kappa shape index (κ3) is 7.07. The van der Waals surface area contributed by atoms with Gasteiger partial charge in [0.05, 0.1) is 23.4 Å². The Kier molecular flexibility index (Phi) is 9.13. The van der Waals surface area contributed by atoms with Crippen LogP contribution in [-0.4, -0.2) is 99.0 Å². The molecule has 15 heteroatoms. The lowest BCUT2D eigenvalue weighted by atomic mass is 10.1. The van der Waals surface area contributed by atoms with Crippen LogP contribution in [0.3, 0.4) is 0 Å². The second-order valence-electron chi connectivity index (χ2n) is 10.2. The quantitative estimate of drug-likeness (QED) is 0.262. The first-order valence-electron chi connectivity index (χ1n) is 13.5. The van der Waals surface area contributed by atoms with Crippen molar-refractivity contribution in [3.63, 3.8) is 0 Å². The largest absolute Gasteiger partial charge is 0.486 e. The predicted octanol–water partition coefficient (Wildman–Crippen LogP) is 0.430. The number of hydrogen-bond donors (Lipinski definition) is 4. The monoisotopic (exact) mass is 599 g/mol. The average molecular weight is 600 g/mol. The number of rotatable bonds is 8. The Hall–Kier alpha value is -4.60. The molecule has 6 rings (SSSR count). The van der Waals surface area contributed by atoms with E-state index in [9.17, 15) is 23.9 Å². The van der Waals surface area contributed by atoms with E-state index in [0.717, 1.165) is 11.1 Å². The van der Waals surface area contributed by atoms with Crippen LogP contribution < -0.4 is 25.1 Å². The van der Waals surface area contributed by atoms with Crippen LogP contribution in [0.4, 0.5) is 4.39 Å². The van der Waals surface area contributed by atoms with Crippen LogP contribution in [0.5, 0.6) is 17.4 Å². The van der Waals surface area contributed by atoms with Crippen molar-refractivity contribution in [2.45, 2.75) is 18.7 Å². The second-order valence-corrected chi connectivity index (χ2v) is 10.2. The summed E-state index contributed by atoms with van der Waals surface area (Å²) in [5.41, 5.74) is 1.04. The zero-order chi connectivity index (χ0) is 30.5. The van der Waals surface area contributed by atoms with Crippen LogP contribution in [0.25, 0.3) is 10.9 Å². The maximum absolute atomic E-state index is 14.3. The molecule has 0 unspecified atom stereocenters. The molecule has 3 aliphatic heterocycles. The Balaban J connectivity index is 0.000000407. The van der Waals surface area contributed by atoms with Crippen LogP contribution >= 0.6 is 0 Å². The zero-order valence-corrected chi connectivity index (χ0v) is 22.9. The number of aliphatic hydroxyl groups excluding tert-OH is 1. The topological polar surface area (TPSA) is 186 Å². The molecule has 0 spiro atoms. The molecule has 5 heterocycles. The molecule has 0 aliphatic carbocycles. The summed E-state index contributed by atoms with van der Waals surface area (Å²) in [5.74, 6) is -1.84. The minimum atomic E-state index is -1.26. The van der Waals surface area contributed by atoms with Gasteiger partial charge in [0.25, 0.3) is 11.4 Å². The summed E-state index contributed by atoms with van der Waals surface area (Å²) < 4.78 is 32.6. The lowest BCUT2D eigenvalue weighted by Gasteiger charge is -2.31. The third-order valence-electron chi connectivity index (χ3n) is 7.17. The first-order chi connectivity index (χ1) is 20.7. The molecular formula is C28H30FN5O9. The summed E-state index contributed by atoms with van der Waals surface area (Å²) in [5, 5.41) is 38.6. The van der Waals surface area contributed by atoms with Crippen molar-refractivity contribution >= 4 is 22.8 Å². The van der Waals surface area contributed by atoms with E-state index in [1.807, 2.05) is 6.07 Å². The summed E-state index contributed by atoms with van der Waals surface area (Å²) in [6.07, 6.45) is 0.612. The van der Waals surface area contributed by atoms with Crippen LogP contribution in [0.15, 0.2) is 47.3 Å². The van der Waals surface area contributed by atoms with Crippen molar-refractivity contribution in [2.24, 2.45) is 5.92 Å². The van der Waals surface area contributed by atoms with Gasteiger partial charge in [-0.25, -0.2) is 14.0 Å². The number of nitrogens with one attached hydrogen (secondary N) is 1. The lowest BCUT2D eigenvalue weighted by molar-refractivity contribution is -0.134. The van der Waals surface area contributed by atoms with Crippen molar-refractivity contribution in [1.29, 1.82) is 0 Å². The van der Waals surface area contributed by atoms with Crippen molar-refractivity contribution < 1.29 is 43.5 Å². The Morgan fingerprint density at radius 3 is 2.56 bits per heavy atom. The number of aromatic nitrogens is 3. The van der Waals surface area contributed by atoms with Crippen LogP contribution in [-0.2, 0) is 16.1 Å². The van der Waals surface area contributed by atoms with E-state index in [1.54, 1.807) is 16.7 Å². The highest BCUT2D eigenvalue weighted by Crippen LogP contribution is 2.34. The number of halogens is 1. The fourth-order valence-electron chi connectivity index (χ4n) is 5.28. The van der Waals surface area contributed by atoms with Crippen molar-refractivity contribution in [3.05, 3.63) is 64.3 Å². The SMILES string of the molecule is O=C(O)/C=C/C(=O)O.O=c1ccc2ccc(F)c3c2n1[C@H](CN1C[C@H](CNCc2cc4c(nn2)OCCO4)[C@H](O)C1)CO3.